The fraction of sp³-hybridized carbons (Fsp3) is 0.957. The van der Waals surface area contributed by atoms with Gasteiger partial charge in [-0.2, -0.15) is 0 Å². The molecule has 0 rings (SSSR count). The van der Waals surface area contributed by atoms with E-state index in [1.54, 1.807) is 0 Å². The summed E-state index contributed by atoms with van der Waals surface area (Å²) in [5.74, 6) is -1.23. The van der Waals surface area contributed by atoms with Crippen LogP contribution in [0.15, 0.2) is 0 Å². The van der Waals surface area contributed by atoms with Gasteiger partial charge in [-0.1, -0.05) is 452 Å². The summed E-state index contributed by atoms with van der Waals surface area (Å²) in [4.78, 5) is 73.3. The van der Waals surface area contributed by atoms with Gasteiger partial charge in [0.05, 0.1) is 26.4 Å². The van der Waals surface area contributed by atoms with E-state index < -0.39 is 97.5 Å². The summed E-state index contributed by atoms with van der Waals surface area (Å²) >= 11 is 0. The number of hydrogen-bond donors (Lipinski definition) is 3. The van der Waals surface area contributed by atoms with Gasteiger partial charge >= 0.3 is 39.5 Å². The SMILES string of the molecule is CCCCCCCCCCCCCCCCCCCCCCCC(=O)OC[C@H](COP(=O)(O)OC[C@@H](O)COP(=O)(O)OC[C@@H](COC(=O)CCCCCCCCCC)OC(=O)CCCCCCCCCCCCCCCCCCCCCC)OC(=O)CCCCCCCCCCCCCCCCCCCCC(C)CC. The fourth-order valence-electron chi connectivity index (χ4n) is 14.5. The van der Waals surface area contributed by atoms with Gasteiger partial charge < -0.3 is 33.8 Å². The zero-order chi connectivity index (χ0) is 81.1. The molecule has 0 aromatic carbocycles. The summed E-state index contributed by atoms with van der Waals surface area (Å²) < 4.78 is 69.0. The van der Waals surface area contributed by atoms with Crippen LogP contribution in [0.25, 0.3) is 0 Å². The number of carbonyl (C=O) groups excluding carboxylic acids is 4. The van der Waals surface area contributed by atoms with Crippen molar-refractivity contribution in [2.45, 2.75) is 522 Å². The molecular formula is C92H180O17P2. The molecule has 0 aliphatic heterocycles. The van der Waals surface area contributed by atoms with Gasteiger partial charge in [0, 0.05) is 25.7 Å². The number of ether oxygens (including phenoxy) is 4. The van der Waals surface area contributed by atoms with E-state index in [9.17, 15) is 43.2 Å². The first-order chi connectivity index (χ1) is 54.1. The average Bonchev–Trinajstić information content (AvgIpc) is 0.897. The Balaban J connectivity index is 5.16. The molecule has 6 atom stereocenters. The van der Waals surface area contributed by atoms with Crippen molar-refractivity contribution in [3.63, 3.8) is 0 Å². The van der Waals surface area contributed by atoms with Gasteiger partial charge in [0.25, 0.3) is 0 Å². The number of aliphatic hydroxyl groups is 1. The van der Waals surface area contributed by atoms with Crippen molar-refractivity contribution in [2.75, 3.05) is 39.6 Å². The molecule has 0 heterocycles. The topological polar surface area (TPSA) is 237 Å². The predicted molar refractivity (Wildman–Crippen MR) is 460 cm³/mol. The quantitative estimate of drug-likeness (QED) is 0.0222. The molecule has 0 bridgehead atoms. The molecule has 0 aliphatic carbocycles. The molecule has 0 aromatic heterocycles. The Bertz CT molecular complexity index is 2100. The van der Waals surface area contributed by atoms with E-state index in [4.69, 9.17) is 37.0 Å². The molecule has 0 spiro atoms. The Kier molecular flexibility index (Phi) is 83.0. The van der Waals surface area contributed by atoms with Crippen molar-refractivity contribution in [3.05, 3.63) is 0 Å². The molecule has 3 unspecified atom stereocenters. The first kappa shape index (κ1) is 109. The third kappa shape index (κ3) is 84.3. The van der Waals surface area contributed by atoms with Crippen LogP contribution in [0, 0.1) is 5.92 Å². The first-order valence-electron chi connectivity index (χ1n) is 47.7. The van der Waals surface area contributed by atoms with E-state index in [1.165, 1.54) is 327 Å². The molecule has 17 nitrogen and oxygen atoms in total. The maximum Gasteiger partial charge on any atom is 0.472 e. The number of carbonyl (C=O) groups is 4. The Labute approximate surface area is 683 Å². The Morgan fingerprint density at radius 2 is 0.432 bits per heavy atom. The van der Waals surface area contributed by atoms with E-state index in [0.717, 1.165) is 95.8 Å². The van der Waals surface area contributed by atoms with Crippen LogP contribution < -0.4 is 0 Å². The molecule has 0 aromatic rings. The molecule has 111 heavy (non-hydrogen) atoms. The van der Waals surface area contributed by atoms with E-state index in [0.29, 0.717) is 25.7 Å². The van der Waals surface area contributed by atoms with Crippen LogP contribution in [0.4, 0.5) is 0 Å². The van der Waals surface area contributed by atoms with Crippen molar-refractivity contribution in [3.8, 4) is 0 Å². The second-order valence-electron chi connectivity index (χ2n) is 33.3. The number of aliphatic hydroxyl groups excluding tert-OH is 1. The minimum absolute atomic E-state index is 0.109. The van der Waals surface area contributed by atoms with Gasteiger partial charge in [-0.15, -0.1) is 0 Å². The standard InChI is InChI=1S/C92H180O17P2/c1-6-10-13-16-19-22-24-26-28-30-32-34-36-40-44-48-52-56-61-66-71-76-90(95)103-82-88(109-92(97)78-73-68-63-58-54-50-46-42-38-37-39-43-47-51-55-59-64-69-74-85(5)9-4)84-107-111(100,101)105-80-86(93)79-104-110(98,99)106-83-87(81-102-89(94)75-70-65-60-21-18-15-12-8-3)108-91(96)77-72-67-62-57-53-49-45-41-35-33-31-29-27-25-23-20-17-14-11-7-2/h85-88,93H,6-84H2,1-5H3,(H,98,99)(H,100,101)/t85?,86-,87+,88+/m0/s1. The van der Waals surface area contributed by atoms with Crippen LogP contribution in [0.2, 0.25) is 0 Å². The van der Waals surface area contributed by atoms with Gasteiger partial charge in [0.15, 0.2) is 12.2 Å². The minimum atomic E-state index is -4.97. The van der Waals surface area contributed by atoms with Crippen LogP contribution in [0.1, 0.15) is 503 Å². The number of esters is 4. The highest BCUT2D eigenvalue weighted by Crippen LogP contribution is 2.45. The molecule has 0 aliphatic rings. The smallest absolute Gasteiger partial charge is 0.462 e. The maximum atomic E-state index is 13.2. The minimum Gasteiger partial charge on any atom is -0.462 e. The van der Waals surface area contributed by atoms with Crippen molar-refractivity contribution in [1.82, 2.24) is 0 Å². The van der Waals surface area contributed by atoms with Crippen LogP contribution >= 0.6 is 15.6 Å². The Morgan fingerprint density at radius 3 is 0.640 bits per heavy atom. The highest BCUT2D eigenvalue weighted by Gasteiger charge is 2.31. The normalized spacial score (nSPS) is 13.9. The lowest BCUT2D eigenvalue weighted by atomic mass is 9.99. The number of rotatable bonds is 92. The zero-order valence-electron chi connectivity index (χ0n) is 73.1. The maximum absolute atomic E-state index is 13.2. The molecule has 660 valence electrons. The third-order valence-corrected chi connectivity index (χ3v) is 24.0. The van der Waals surface area contributed by atoms with Crippen LogP contribution in [-0.2, 0) is 65.4 Å². The Hall–Kier alpha value is -1.94. The lowest BCUT2D eigenvalue weighted by Gasteiger charge is -2.21. The molecule has 0 amide bonds. The monoisotopic (exact) mass is 1620 g/mol. The summed E-state index contributed by atoms with van der Waals surface area (Å²) in [5.41, 5.74) is 0. The predicted octanol–water partition coefficient (Wildman–Crippen LogP) is 28.7. The number of phosphoric acid groups is 2. The van der Waals surface area contributed by atoms with Crippen molar-refractivity contribution >= 4 is 39.5 Å². The summed E-state index contributed by atoms with van der Waals surface area (Å²) in [6, 6.07) is 0. The molecule has 0 saturated heterocycles. The second-order valence-corrected chi connectivity index (χ2v) is 36.2. The molecule has 0 fully saturated rings. The largest absolute Gasteiger partial charge is 0.472 e. The number of phosphoric ester groups is 2. The zero-order valence-corrected chi connectivity index (χ0v) is 74.9. The average molecular weight is 1620 g/mol. The molecule has 0 radical (unpaired) electrons. The summed E-state index contributed by atoms with van der Waals surface area (Å²) in [7, 11) is -9.93. The van der Waals surface area contributed by atoms with Gasteiger partial charge in [-0.25, -0.2) is 9.13 Å². The first-order valence-corrected chi connectivity index (χ1v) is 50.7. The number of unbranched alkanes of at least 4 members (excludes halogenated alkanes) is 63. The molecule has 19 heteroatoms. The van der Waals surface area contributed by atoms with Gasteiger partial charge in [-0.05, 0) is 31.6 Å². The van der Waals surface area contributed by atoms with E-state index in [1.807, 2.05) is 0 Å². The highest BCUT2D eigenvalue weighted by atomic mass is 31.2. The van der Waals surface area contributed by atoms with Crippen molar-refractivity contribution < 1.29 is 80.2 Å². The van der Waals surface area contributed by atoms with Crippen LogP contribution in [-0.4, -0.2) is 96.7 Å². The van der Waals surface area contributed by atoms with Gasteiger partial charge in [0.2, 0.25) is 0 Å². The van der Waals surface area contributed by atoms with Gasteiger partial charge in [0.1, 0.15) is 19.3 Å². The summed E-state index contributed by atoms with van der Waals surface area (Å²) in [6.07, 6.45) is 80.8. The van der Waals surface area contributed by atoms with Crippen molar-refractivity contribution in [1.29, 1.82) is 0 Å². The van der Waals surface area contributed by atoms with E-state index in [-0.39, 0.29) is 25.7 Å². The summed E-state index contributed by atoms with van der Waals surface area (Å²) in [6.45, 7) is 7.44. The lowest BCUT2D eigenvalue weighted by Crippen LogP contribution is -2.30. The number of hydrogen-bond acceptors (Lipinski definition) is 15. The molecule has 0 saturated carbocycles. The van der Waals surface area contributed by atoms with Crippen LogP contribution in [0.3, 0.4) is 0 Å². The van der Waals surface area contributed by atoms with Crippen LogP contribution in [0.5, 0.6) is 0 Å². The van der Waals surface area contributed by atoms with E-state index >= 15 is 0 Å². The third-order valence-electron chi connectivity index (χ3n) is 22.1. The highest BCUT2D eigenvalue weighted by molar-refractivity contribution is 7.47. The fourth-order valence-corrected chi connectivity index (χ4v) is 16.1. The van der Waals surface area contributed by atoms with E-state index in [2.05, 4.69) is 34.6 Å². The Morgan fingerprint density at radius 1 is 0.252 bits per heavy atom. The van der Waals surface area contributed by atoms with Gasteiger partial charge in [-0.3, -0.25) is 37.3 Å². The van der Waals surface area contributed by atoms with Crippen molar-refractivity contribution in [2.24, 2.45) is 5.92 Å². The summed E-state index contributed by atoms with van der Waals surface area (Å²) in [5, 5.41) is 10.7. The second kappa shape index (κ2) is 84.5. The molecule has 3 N–H and O–H groups in total. The molecular weight excluding hydrogens is 1440 g/mol. The lowest BCUT2D eigenvalue weighted by molar-refractivity contribution is -0.161.